The van der Waals surface area contributed by atoms with Crippen molar-refractivity contribution in [2.24, 2.45) is 5.92 Å². The van der Waals surface area contributed by atoms with Crippen molar-refractivity contribution in [3.63, 3.8) is 0 Å². The van der Waals surface area contributed by atoms with Crippen LogP contribution >= 0.6 is 23.1 Å². The summed E-state index contributed by atoms with van der Waals surface area (Å²) >= 11 is 3.01. The predicted octanol–water partition coefficient (Wildman–Crippen LogP) is 3.78. The average Bonchev–Trinajstić information content (AvgIpc) is 3.23. The molecule has 8 heteroatoms. The first-order valence-electron chi connectivity index (χ1n) is 8.39. The molecule has 0 aromatic carbocycles. The number of carbonyl (C=O) groups is 1. The molecule has 0 spiro atoms. The molecule has 0 saturated carbocycles. The zero-order chi connectivity index (χ0) is 18.3. The number of hydrogen-bond donors (Lipinski definition) is 1. The number of fused-ring (bicyclic) bond motifs is 3. The molecule has 0 unspecified atom stereocenters. The standard InChI is InChI=1S/C18H18N2O4S2/c1-9-3-5-11-13(7-9)26-16-14(11)15(21)19-18(20-16)25-8-10-4-6-12(24-10)17(22)23-2/h4,6,9H,3,5,7-8H2,1-2H3,(H,19,20,21)/t9-/m1/s1. The lowest BCUT2D eigenvalue weighted by Gasteiger charge is -2.17. The average molecular weight is 390 g/mol. The molecule has 1 aliphatic rings. The van der Waals surface area contributed by atoms with Crippen LogP contribution < -0.4 is 5.56 Å². The fourth-order valence-corrected chi connectivity index (χ4v) is 5.40. The molecular formula is C18H18N2O4S2. The van der Waals surface area contributed by atoms with Crippen LogP contribution in [-0.4, -0.2) is 23.0 Å². The summed E-state index contributed by atoms with van der Waals surface area (Å²) in [5, 5.41) is 1.32. The molecule has 6 nitrogen and oxygen atoms in total. The maximum Gasteiger partial charge on any atom is 0.373 e. The van der Waals surface area contributed by atoms with Gasteiger partial charge in [-0.3, -0.25) is 4.79 Å². The van der Waals surface area contributed by atoms with Gasteiger partial charge in [-0.05, 0) is 42.9 Å². The van der Waals surface area contributed by atoms with Crippen molar-refractivity contribution >= 4 is 39.3 Å². The van der Waals surface area contributed by atoms with E-state index in [1.54, 1.807) is 23.5 Å². The molecule has 1 aliphatic carbocycles. The second kappa shape index (κ2) is 6.92. The first-order valence-corrected chi connectivity index (χ1v) is 10.2. The Hall–Kier alpha value is -2.06. The molecule has 26 heavy (non-hydrogen) atoms. The van der Waals surface area contributed by atoms with Crippen molar-refractivity contribution in [1.29, 1.82) is 0 Å². The lowest BCUT2D eigenvalue weighted by Crippen LogP contribution is -2.13. The summed E-state index contributed by atoms with van der Waals surface area (Å²) in [6.45, 7) is 2.25. The van der Waals surface area contributed by atoms with Gasteiger partial charge in [-0.1, -0.05) is 18.7 Å². The first-order chi connectivity index (χ1) is 12.5. The van der Waals surface area contributed by atoms with E-state index in [1.165, 1.54) is 29.3 Å². The van der Waals surface area contributed by atoms with Gasteiger partial charge in [0.25, 0.3) is 5.56 Å². The molecule has 4 rings (SSSR count). The monoisotopic (exact) mass is 390 g/mol. The summed E-state index contributed by atoms with van der Waals surface area (Å²) in [6, 6.07) is 3.30. The normalized spacial score (nSPS) is 16.6. The van der Waals surface area contributed by atoms with Gasteiger partial charge in [0, 0.05) is 4.88 Å². The third-order valence-electron chi connectivity index (χ3n) is 4.54. The van der Waals surface area contributed by atoms with Gasteiger partial charge in [0.15, 0.2) is 5.16 Å². The van der Waals surface area contributed by atoms with Crippen LogP contribution in [0, 0.1) is 5.92 Å². The number of hydrogen-bond acceptors (Lipinski definition) is 7. The van der Waals surface area contributed by atoms with E-state index < -0.39 is 5.97 Å². The molecule has 136 valence electrons. The second-order valence-electron chi connectivity index (χ2n) is 6.45. The molecule has 0 radical (unpaired) electrons. The fourth-order valence-electron chi connectivity index (χ4n) is 3.20. The number of aromatic nitrogens is 2. The number of carbonyl (C=O) groups excluding carboxylic acids is 1. The highest BCUT2D eigenvalue weighted by atomic mass is 32.2. The summed E-state index contributed by atoms with van der Waals surface area (Å²) in [7, 11) is 1.31. The van der Waals surface area contributed by atoms with Crippen molar-refractivity contribution in [1.82, 2.24) is 9.97 Å². The Morgan fingerprint density at radius 3 is 3.15 bits per heavy atom. The number of esters is 1. The molecule has 3 heterocycles. The minimum atomic E-state index is -0.507. The molecule has 0 bridgehead atoms. The zero-order valence-electron chi connectivity index (χ0n) is 14.5. The summed E-state index contributed by atoms with van der Waals surface area (Å²) in [6.07, 6.45) is 3.10. The van der Waals surface area contributed by atoms with Crippen LogP contribution in [0.1, 0.15) is 40.1 Å². The van der Waals surface area contributed by atoms with E-state index in [0.29, 0.717) is 22.6 Å². The van der Waals surface area contributed by atoms with Crippen LogP contribution in [-0.2, 0) is 23.3 Å². The van der Waals surface area contributed by atoms with Gasteiger partial charge >= 0.3 is 5.97 Å². The lowest BCUT2D eigenvalue weighted by atomic mass is 9.89. The second-order valence-corrected chi connectivity index (χ2v) is 8.50. The summed E-state index contributed by atoms with van der Waals surface area (Å²) in [5.41, 5.74) is 1.11. The van der Waals surface area contributed by atoms with Crippen molar-refractivity contribution in [3.8, 4) is 0 Å². The highest BCUT2D eigenvalue weighted by Crippen LogP contribution is 2.36. The van der Waals surface area contributed by atoms with Gasteiger partial charge < -0.3 is 14.1 Å². The Balaban J connectivity index is 1.57. The van der Waals surface area contributed by atoms with E-state index in [1.807, 2.05) is 0 Å². The maximum atomic E-state index is 12.6. The van der Waals surface area contributed by atoms with Gasteiger partial charge in [-0.25, -0.2) is 9.78 Å². The van der Waals surface area contributed by atoms with Crippen LogP contribution in [0.3, 0.4) is 0 Å². The number of aryl methyl sites for hydroxylation is 1. The number of thioether (sulfide) groups is 1. The molecule has 0 aliphatic heterocycles. The predicted molar refractivity (Wildman–Crippen MR) is 101 cm³/mol. The highest BCUT2D eigenvalue weighted by Gasteiger charge is 2.23. The molecule has 0 fully saturated rings. The Kier molecular flexibility index (Phi) is 4.62. The molecule has 3 aromatic heterocycles. The number of furan rings is 1. The molecule has 0 amide bonds. The van der Waals surface area contributed by atoms with E-state index in [9.17, 15) is 9.59 Å². The third-order valence-corrected chi connectivity index (χ3v) is 6.59. The fraction of sp³-hybridized carbons (Fsp3) is 0.389. The largest absolute Gasteiger partial charge is 0.463 e. The Bertz CT molecular complexity index is 1030. The van der Waals surface area contributed by atoms with E-state index >= 15 is 0 Å². The molecule has 3 aromatic rings. The van der Waals surface area contributed by atoms with Crippen molar-refractivity contribution < 1.29 is 13.9 Å². The minimum absolute atomic E-state index is 0.0701. The molecular weight excluding hydrogens is 372 g/mol. The van der Waals surface area contributed by atoms with Gasteiger partial charge in [-0.15, -0.1) is 11.3 Å². The van der Waals surface area contributed by atoms with Crippen molar-refractivity contribution in [3.05, 3.63) is 44.4 Å². The summed E-state index contributed by atoms with van der Waals surface area (Å²) in [4.78, 5) is 33.6. The minimum Gasteiger partial charge on any atom is -0.463 e. The van der Waals surface area contributed by atoms with E-state index in [0.717, 1.165) is 29.5 Å². The van der Waals surface area contributed by atoms with Gasteiger partial charge in [0.2, 0.25) is 5.76 Å². The van der Waals surface area contributed by atoms with E-state index in [4.69, 9.17) is 4.42 Å². The topological polar surface area (TPSA) is 85.2 Å². The summed E-state index contributed by atoms with van der Waals surface area (Å²) in [5.74, 6) is 1.41. The number of thiophene rings is 1. The van der Waals surface area contributed by atoms with Crippen LogP contribution in [0.15, 0.2) is 26.5 Å². The Morgan fingerprint density at radius 1 is 1.50 bits per heavy atom. The highest BCUT2D eigenvalue weighted by molar-refractivity contribution is 7.98. The van der Waals surface area contributed by atoms with Crippen LogP contribution in [0.2, 0.25) is 0 Å². The number of nitrogens with one attached hydrogen (secondary N) is 1. The van der Waals surface area contributed by atoms with Crippen molar-refractivity contribution in [2.45, 2.75) is 37.1 Å². The molecule has 1 N–H and O–H groups in total. The van der Waals surface area contributed by atoms with Crippen LogP contribution in [0.5, 0.6) is 0 Å². The van der Waals surface area contributed by atoms with E-state index in [-0.39, 0.29) is 11.3 Å². The number of methoxy groups -OCH3 is 1. The number of aromatic amines is 1. The smallest absolute Gasteiger partial charge is 0.373 e. The van der Waals surface area contributed by atoms with Gasteiger partial charge in [0.05, 0.1) is 18.2 Å². The number of nitrogens with zero attached hydrogens (tertiary/aromatic N) is 1. The zero-order valence-corrected chi connectivity index (χ0v) is 16.1. The summed E-state index contributed by atoms with van der Waals surface area (Å²) < 4.78 is 10.1. The van der Waals surface area contributed by atoms with Gasteiger partial charge in [-0.2, -0.15) is 0 Å². The number of H-pyrrole nitrogens is 1. The quantitative estimate of drug-likeness (QED) is 0.414. The van der Waals surface area contributed by atoms with Crippen molar-refractivity contribution in [2.75, 3.05) is 7.11 Å². The Labute approximate surface area is 158 Å². The number of ether oxygens (including phenoxy) is 1. The molecule has 0 saturated heterocycles. The first kappa shape index (κ1) is 17.4. The maximum absolute atomic E-state index is 12.6. The Morgan fingerprint density at radius 2 is 2.35 bits per heavy atom. The molecule has 1 atom stereocenters. The number of rotatable bonds is 4. The van der Waals surface area contributed by atoms with Crippen LogP contribution in [0.25, 0.3) is 10.2 Å². The third kappa shape index (κ3) is 3.19. The van der Waals surface area contributed by atoms with E-state index in [2.05, 4.69) is 21.6 Å². The SMILES string of the molecule is COC(=O)c1ccc(CSc2nc3sc4c(c3c(=O)[nH]2)CC[C@@H](C)C4)o1. The lowest BCUT2D eigenvalue weighted by molar-refractivity contribution is 0.0563. The van der Waals surface area contributed by atoms with Gasteiger partial charge in [0.1, 0.15) is 10.6 Å². The van der Waals surface area contributed by atoms with Crippen LogP contribution in [0.4, 0.5) is 0 Å².